The van der Waals surface area contributed by atoms with Gasteiger partial charge >= 0.3 is 5.97 Å². The topological polar surface area (TPSA) is 43.4 Å². The van der Waals surface area contributed by atoms with Gasteiger partial charge < -0.3 is 4.74 Å². The van der Waals surface area contributed by atoms with Gasteiger partial charge in [-0.15, -0.1) is 23.5 Å². The third kappa shape index (κ3) is 3.12. The molecule has 7 atom stereocenters. The van der Waals surface area contributed by atoms with Crippen molar-refractivity contribution in [2.75, 3.05) is 18.7 Å². The van der Waals surface area contributed by atoms with E-state index in [1.807, 2.05) is 6.92 Å². The van der Waals surface area contributed by atoms with Crippen LogP contribution in [-0.2, 0) is 14.3 Å². The van der Waals surface area contributed by atoms with Crippen molar-refractivity contribution in [1.29, 1.82) is 0 Å². The highest BCUT2D eigenvalue weighted by Gasteiger charge is 2.74. The van der Waals surface area contributed by atoms with Gasteiger partial charge in [0.15, 0.2) is 11.5 Å². The fourth-order valence-electron chi connectivity index (χ4n) is 7.28. The van der Waals surface area contributed by atoms with Crippen molar-refractivity contribution in [3.8, 4) is 0 Å². The minimum atomic E-state index is -1.77. The van der Waals surface area contributed by atoms with Crippen LogP contribution >= 0.6 is 23.5 Å². The third-order valence-electron chi connectivity index (χ3n) is 8.71. The van der Waals surface area contributed by atoms with E-state index in [2.05, 4.69) is 13.2 Å². The molecule has 3 nitrogen and oxygen atoms in total. The number of hydrogen-bond donors (Lipinski definition) is 0. The maximum absolute atomic E-state index is 17.6. The molecule has 0 spiro atoms. The van der Waals surface area contributed by atoms with E-state index >= 15 is 4.39 Å². The molecule has 0 amide bonds. The Kier molecular flexibility index (Phi) is 5.94. The van der Waals surface area contributed by atoms with Crippen molar-refractivity contribution in [2.24, 2.45) is 22.7 Å². The lowest BCUT2D eigenvalue weighted by atomic mass is 9.46. The van der Waals surface area contributed by atoms with Crippen molar-refractivity contribution in [2.45, 2.75) is 68.7 Å². The molecule has 1 unspecified atom stereocenters. The summed E-state index contributed by atoms with van der Waals surface area (Å²) in [6.07, 6.45) is 9.41. The lowest BCUT2D eigenvalue weighted by Gasteiger charge is -2.63. The monoisotopic (exact) mass is 470 g/mol. The summed E-state index contributed by atoms with van der Waals surface area (Å²) in [5.41, 5.74) is -2.22. The van der Waals surface area contributed by atoms with E-state index in [0.29, 0.717) is 25.0 Å². The van der Waals surface area contributed by atoms with Gasteiger partial charge in [0.2, 0.25) is 0 Å². The van der Waals surface area contributed by atoms with Crippen LogP contribution in [0.5, 0.6) is 0 Å². The lowest BCUT2D eigenvalue weighted by Crippen LogP contribution is -2.68. The maximum atomic E-state index is 17.6. The molecule has 4 aliphatic rings. The zero-order chi connectivity index (χ0) is 22.7. The van der Waals surface area contributed by atoms with Crippen LogP contribution in [0.15, 0.2) is 23.8 Å². The molecule has 0 aromatic carbocycles. The first kappa shape index (κ1) is 23.3. The van der Waals surface area contributed by atoms with E-state index in [0.717, 1.165) is 18.4 Å². The summed E-state index contributed by atoms with van der Waals surface area (Å²) in [5.74, 6) is -0.335. The molecule has 0 aromatic rings. The summed E-state index contributed by atoms with van der Waals surface area (Å²) >= 11 is 3.40. The number of thioether (sulfide) groups is 2. The Bertz CT molecular complexity index is 845. The summed E-state index contributed by atoms with van der Waals surface area (Å²) in [7, 11) is 0. The van der Waals surface area contributed by atoms with E-state index in [1.54, 1.807) is 35.7 Å². The maximum Gasteiger partial charge on any atom is 0.303 e. The highest BCUT2D eigenvalue weighted by molar-refractivity contribution is 8.18. The van der Waals surface area contributed by atoms with E-state index in [-0.39, 0.29) is 33.8 Å². The van der Waals surface area contributed by atoms with Crippen LogP contribution in [0.3, 0.4) is 0 Å². The Labute approximate surface area is 192 Å². The number of ketones is 1. The quantitative estimate of drug-likeness (QED) is 0.381. The molecule has 172 valence electrons. The molecule has 4 aliphatic carbocycles. The first-order chi connectivity index (χ1) is 14.6. The molecule has 4 rings (SSSR count). The van der Waals surface area contributed by atoms with Gasteiger partial charge in [-0.2, -0.15) is 0 Å². The van der Waals surface area contributed by atoms with Gasteiger partial charge in [0, 0.05) is 24.0 Å². The number of hydrogen-bond acceptors (Lipinski definition) is 5. The van der Waals surface area contributed by atoms with E-state index in [1.165, 1.54) is 13.0 Å². The van der Waals surface area contributed by atoms with Crippen LogP contribution in [-0.4, -0.2) is 46.3 Å². The average molecular weight is 471 g/mol. The van der Waals surface area contributed by atoms with Crippen LogP contribution in [0.2, 0.25) is 0 Å². The Morgan fingerprint density at radius 3 is 2.68 bits per heavy atom. The third-order valence-corrected chi connectivity index (χ3v) is 12.4. The fourth-order valence-corrected chi connectivity index (χ4v) is 10.3. The van der Waals surface area contributed by atoms with Crippen molar-refractivity contribution < 1.29 is 23.1 Å². The molecule has 0 saturated heterocycles. The molecular weight excluding hydrogens is 438 g/mol. The first-order valence-electron chi connectivity index (χ1n) is 11.1. The number of rotatable bonds is 5. The van der Waals surface area contributed by atoms with Crippen molar-refractivity contribution >= 4 is 35.3 Å². The molecule has 0 N–H and O–H groups in total. The molecule has 0 aromatic heterocycles. The van der Waals surface area contributed by atoms with Gasteiger partial charge in [-0.05, 0) is 68.8 Å². The van der Waals surface area contributed by atoms with Crippen LogP contribution in [0, 0.1) is 22.7 Å². The number of allylic oxidation sites excluding steroid dienone is 4. The fraction of sp³-hybridized carbons (Fsp3) is 0.750. The van der Waals surface area contributed by atoms with E-state index < -0.39 is 23.2 Å². The van der Waals surface area contributed by atoms with Gasteiger partial charge in [-0.3, -0.25) is 14.0 Å². The molecule has 0 aliphatic heterocycles. The summed E-state index contributed by atoms with van der Waals surface area (Å²) < 4.78 is 36.2. The largest absolute Gasteiger partial charge is 0.459 e. The predicted octanol–water partition coefficient (Wildman–Crippen LogP) is 5.69. The number of carbonyl (C=O) groups is 2. The van der Waals surface area contributed by atoms with Crippen LogP contribution in [0.4, 0.5) is 8.78 Å². The Hall–Kier alpha value is -0.820. The Morgan fingerprint density at radius 2 is 2.03 bits per heavy atom. The SMILES string of the molecule is CS[C@]1(SCCF)CC[C@H]2[C@@H]3CCC4=CC(=O)C=C[C@]4(C)C3(F)[C@@H](OC(C)=O)C[C@@]21C. The average Bonchev–Trinajstić information content (AvgIpc) is 3.00. The van der Waals surface area contributed by atoms with Gasteiger partial charge in [0.1, 0.15) is 6.10 Å². The molecule has 3 saturated carbocycles. The summed E-state index contributed by atoms with van der Waals surface area (Å²) in [5, 5.41) is 0. The number of esters is 1. The Morgan fingerprint density at radius 1 is 1.29 bits per heavy atom. The highest BCUT2D eigenvalue weighted by atomic mass is 32.2. The van der Waals surface area contributed by atoms with Gasteiger partial charge in [0.25, 0.3) is 0 Å². The number of halogens is 2. The van der Waals surface area contributed by atoms with Gasteiger partial charge in [-0.25, -0.2) is 4.39 Å². The van der Waals surface area contributed by atoms with Crippen LogP contribution < -0.4 is 0 Å². The highest BCUT2D eigenvalue weighted by Crippen LogP contribution is 2.74. The molecular formula is C24H32F2O3S2. The Balaban J connectivity index is 1.83. The summed E-state index contributed by atoms with van der Waals surface area (Å²) in [6.45, 7) is 5.02. The number of ether oxygens (including phenoxy) is 1. The van der Waals surface area contributed by atoms with Gasteiger partial charge in [0.05, 0.1) is 10.8 Å². The smallest absolute Gasteiger partial charge is 0.303 e. The molecule has 3 fully saturated rings. The summed E-state index contributed by atoms with van der Waals surface area (Å²) in [4.78, 5) is 24.1. The standard InChI is InChI=1S/C24H32F2O3S2/c1-15(27)29-20-14-22(3)18(8-10-23(22,30-4)31-12-11-25)19-6-5-16-13-17(28)7-9-21(16,2)24(19,20)26/h7,9,13,18-20H,5-6,8,10-12,14H2,1-4H3/t18-,19-,20-,21-,22-,23-,24?/m0/s1. The molecule has 0 bridgehead atoms. The number of alkyl halides is 2. The summed E-state index contributed by atoms with van der Waals surface area (Å²) in [6, 6.07) is 0. The van der Waals surface area contributed by atoms with Crippen molar-refractivity contribution in [1.82, 2.24) is 0 Å². The minimum Gasteiger partial charge on any atom is -0.459 e. The predicted molar refractivity (Wildman–Crippen MR) is 123 cm³/mol. The second kappa shape index (κ2) is 7.89. The normalized spacial score (nSPS) is 46.1. The van der Waals surface area contributed by atoms with E-state index in [4.69, 9.17) is 4.74 Å². The van der Waals surface area contributed by atoms with Crippen molar-refractivity contribution in [3.05, 3.63) is 23.8 Å². The molecule has 0 heterocycles. The minimum absolute atomic E-state index is 0.107. The zero-order valence-electron chi connectivity index (χ0n) is 18.7. The zero-order valence-corrected chi connectivity index (χ0v) is 20.3. The lowest BCUT2D eigenvalue weighted by molar-refractivity contribution is -0.209. The van der Waals surface area contributed by atoms with Crippen molar-refractivity contribution in [3.63, 3.8) is 0 Å². The number of carbonyl (C=O) groups excluding carboxylic acids is 2. The molecule has 7 heteroatoms. The molecule has 31 heavy (non-hydrogen) atoms. The van der Waals surface area contributed by atoms with E-state index in [9.17, 15) is 14.0 Å². The van der Waals surface area contributed by atoms with Crippen LogP contribution in [0.1, 0.15) is 52.9 Å². The molecule has 0 radical (unpaired) electrons. The second-order valence-corrected chi connectivity index (χ2v) is 12.6. The van der Waals surface area contributed by atoms with Crippen LogP contribution in [0.25, 0.3) is 0 Å². The number of fused-ring (bicyclic) bond motifs is 5. The first-order valence-corrected chi connectivity index (χ1v) is 13.3. The second-order valence-electron chi connectivity index (χ2n) is 9.88. The van der Waals surface area contributed by atoms with Gasteiger partial charge in [-0.1, -0.05) is 18.6 Å².